The van der Waals surface area contributed by atoms with Crippen molar-refractivity contribution in [3.8, 4) is 0 Å². The summed E-state index contributed by atoms with van der Waals surface area (Å²) in [6.07, 6.45) is 0.227. The highest BCUT2D eigenvalue weighted by Gasteiger charge is 2.39. The van der Waals surface area contributed by atoms with E-state index in [1.807, 2.05) is 0 Å². The van der Waals surface area contributed by atoms with E-state index < -0.39 is 6.10 Å². The highest BCUT2D eigenvalue weighted by molar-refractivity contribution is 9.10. The van der Waals surface area contributed by atoms with Crippen LogP contribution in [-0.4, -0.2) is 43.6 Å². The highest BCUT2D eigenvalue weighted by Crippen LogP contribution is 2.36. The van der Waals surface area contributed by atoms with E-state index in [0.29, 0.717) is 4.60 Å². The lowest BCUT2D eigenvalue weighted by Gasteiger charge is -2.43. The lowest BCUT2D eigenvalue weighted by atomic mass is 9.87. The Morgan fingerprint density at radius 3 is 2.28 bits per heavy atom. The molecule has 1 aromatic heterocycles. The summed E-state index contributed by atoms with van der Waals surface area (Å²) in [5.74, 6) is 0. The second-order valence-corrected chi connectivity index (χ2v) is 5.43. The average molecular weight is 319 g/mol. The van der Waals surface area contributed by atoms with Gasteiger partial charge in [-0.2, -0.15) is 0 Å². The number of aryl methyl sites for hydroxylation is 1. The molecule has 6 heteroatoms. The van der Waals surface area contributed by atoms with Gasteiger partial charge >= 0.3 is 0 Å². The van der Waals surface area contributed by atoms with Gasteiger partial charge in [0.25, 0.3) is 0 Å². The molecule has 0 aliphatic heterocycles. The van der Waals surface area contributed by atoms with Gasteiger partial charge in [-0.05, 0) is 42.4 Å². The Bertz CT molecular complexity index is 372. The van der Waals surface area contributed by atoms with Crippen molar-refractivity contribution in [2.75, 3.05) is 13.1 Å². The fourth-order valence-corrected chi connectivity index (χ4v) is 3.00. The minimum Gasteiger partial charge on any atom is -0.385 e. The maximum absolute atomic E-state index is 10.8. The van der Waals surface area contributed by atoms with Crippen LogP contribution in [0.15, 0.2) is 4.60 Å². The largest absolute Gasteiger partial charge is 0.385 e. The van der Waals surface area contributed by atoms with Gasteiger partial charge in [0.05, 0.1) is 0 Å². The molecule has 0 saturated heterocycles. The zero-order valence-corrected chi connectivity index (χ0v) is 13.4. The lowest BCUT2D eigenvalue weighted by molar-refractivity contribution is -0.0258. The van der Waals surface area contributed by atoms with E-state index in [1.165, 1.54) is 0 Å². The zero-order valence-electron chi connectivity index (χ0n) is 11.8. The van der Waals surface area contributed by atoms with Gasteiger partial charge in [-0.3, -0.25) is 4.90 Å². The van der Waals surface area contributed by atoms with Crippen LogP contribution in [0.1, 0.15) is 45.9 Å². The van der Waals surface area contributed by atoms with Gasteiger partial charge in [0.2, 0.25) is 0 Å². The van der Waals surface area contributed by atoms with Gasteiger partial charge in [-0.1, -0.05) is 26.0 Å². The van der Waals surface area contributed by atoms with Crippen molar-refractivity contribution in [1.82, 2.24) is 19.9 Å². The van der Waals surface area contributed by atoms with Crippen LogP contribution in [0.2, 0.25) is 0 Å². The topological polar surface area (TPSA) is 54.2 Å². The van der Waals surface area contributed by atoms with Crippen LogP contribution < -0.4 is 0 Å². The van der Waals surface area contributed by atoms with Gasteiger partial charge in [0.15, 0.2) is 4.60 Å². The average Bonchev–Trinajstić information content (AvgIpc) is 2.69. The molecule has 1 aromatic rings. The number of aromatic nitrogens is 3. The number of aliphatic hydroxyl groups is 1. The molecule has 104 valence electrons. The second kappa shape index (κ2) is 6.12. The second-order valence-electron chi connectivity index (χ2n) is 4.67. The van der Waals surface area contributed by atoms with Crippen LogP contribution >= 0.6 is 15.9 Å². The predicted molar refractivity (Wildman–Crippen MR) is 75.3 cm³/mol. The number of rotatable bonds is 6. The predicted octanol–water partition coefficient (Wildman–Crippen LogP) is 2.12. The molecule has 0 aliphatic rings. The molecule has 0 aromatic carbocycles. The van der Waals surface area contributed by atoms with Crippen molar-refractivity contribution in [2.24, 2.45) is 7.05 Å². The van der Waals surface area contributed by atoms with Gasteiger partial charge in [0, 0.05) is 12.6 Å². The van der Waals surface area contributed by atoms with Gasteiger partial charge in [0.1, 0.15) is 11.8 Å². The molecular formula is C12H23BrN4O. The van der Waals surface area contributed by atoms with Crippen LogP contribution in [0.5, 0.6) is 0 Å². The minimum absolute atomic E-state index is 0.318. The Kier molecular flexibility index (Phi) is 5.31. The van der Waals surface area contributed by atoms with E-state index >= 15 is 0 Å². The molecule has 18 heavy (non-hydrogen) atoms. The first kappa shape index (κ1) is 15.6. The smallest absolute Gasteiger partial charge is 0.154 e. The molecule has 0 spiro atoms. The molecule has 1 rings (SSSR count). The molecule has 1 N–H and O–H groups in total. The first-order valence-electron chi connectivity index (χ1n) is 6.40. The first-order chi connectivity index (χ1) is 8.42. The fraction of sp³-hybridized carbons (Fsp3) is 0.833. The molecule has 0 saturated carbocycles. The summed E-state index contributed by atoms with van der Waals surface area (Å²) in [4.78, 5) is 2.27. The molecule has 2 unspecified atom stereocenters. The minimum atomic E-state index is -0.628. The summed E-state index contributed by atoms with van der Waals surface area (Å²) in [5, 5.41) is 18.6. The summed E-state index contributed by atoms with van der Waals surface area (Å²) in [6.45, 7) is 10.2. The zero-order chi connectivity index (χ0) is 13.9. The SMILES string of the molecule is CCN(CC)C(C)(CC)C(O)c1c(Br)nnn1C. The molecule has 1 heterocycles. The highest BCUT2D eigenvalue weighted by atomic mass is 79.9. The Morgan fingerprint density at radius 1 is 1.39 bits per heavy atom. The number of nitrogens with zero attached hydrogens (tertiary/aromatic N) is 4. The molecule has 0 amide bonds. The first-order valence-corrected chi connectivity index (χ1v) is 7.19. The van der Waals surface area contributed by atoms with Gasteiger partial charge < -0.3 is 5.11 Å². The molecule has 5 nitrogen and oxygen atoms in total. The quantitative estimate of drug-likeness (QED) is 0.873. The Morgan fingerprint density at radius 2 is 1.94 bits per heavy atom. The van der Waals surface area contributed by atoms with Crippen LogP contribution in [-0.2, 0) is 7.05 Å². The van der Waals surface area contributed by atoms with Crippen LogP contribution in [0.4, 0.5) is 0 Å². The van der Waals surface area contributed by atoms with E-state index in [2.05, 4.69) is 58.8 Å². The molecule has 2 atom stereocenters. The Labute approximate surface area is 117 Å². The van der Waals surface area contributed by atoms with E-state index in [1.54, 1.807) is 11.7 Å². The lowest BCUT2D eigenvalue weighted by Crippen LogP contribution is -2.50. The number of aliphatic hydroxyl groups excluding tert-OH is 1. The molecule has 0 fully saturated rings. The third-order valence-corrected chi connectivity index (χ3v) is 4.44. The van der Waals surface area contributed by atoms with E-state index in [9.17, 15) is 5.11 Å². The molecule has 0 bridgehead atoms. The number of hydrogen-bond donors (Lipinski definition) is 1. The third kappa shape index (κ3) is 2.60. The van der Waals surface area contributed by atoms with E-state index in [4.69, 9.17) is 0 Å². The summed E-state index contributed by atoms with van der Waals surface area (Å²) >= 11 is 3.36. The van der Waals surface area contributed by atoms with E-state index in [0.717, 1.165) is 25.2 Å². The fourth-order valence-electron chi connectivity index (χ4n) is 2.46. The van der Waals surface area contributed by atoms with Crippen LogP contribution in [0.3, 0.4) is 0 Å². The van der Waals surface area contributed by atoms with Crippen molar-refractivity contribution in [1.29, 1.82) is 0 Å². The Hall–Kier alpha value is -0.460. The van der Waals surface area contributed by atoms with Crippen molar-refractivity contribution in [2.45, 2.75) is 45.8 Å². The monoisotopic (exact) mass is 318 g/mol. The molecule has 0 radical (unpaired) electrons. The summed E-state index contributed by atoms with van der Waals surface area (Å²) < 4.78 is 2.25. The normalized spacial score (nSPS) is 16.9. The third-order valence-electron chi connectivity index (χ3n) is 3.88. The number of likely N-dealkylation sites (N-methyl/N-ethyl adjacent to an activating group) is 1. The van der Waals surface area contributed by atoms with Gasteiger partial charge in [-0.15, -0.1) is 5.10 Å². The Balaban J connectivity index is 3.16. The van der Waals surface area contributed by atoms with Crippen molar-refractivity contribution in [3.05, 3.63) is 10.3 Å². The van der Waals surface area contributed by atoms with Gasteiger partial charge in [-0.25, -0.2) is 4.68 Å². The summed E-state index contributed by atoms with van der Waals surface area (Å²) in [6, 6.07) is 0. The van der Waals surface area contributed by atoms with Crippen molar-refractivity contribution < 1.29 is 5.11 Å². The van der Waals surface area contributed by atoms with Crippen LogP contribution in [0, 0.1) is 0 Å². The standard InChI is InChI=1S/C12H23BrN4O/c1-6-12(4,17(7-2)8-3)10(18)9-11(13)14-15-16(9)5/h10,18H,6-8H2,1-5H3. The number of halogens is 1. The summed E-state index contributed by atoms with van der Waals surface area (Å²) in [5.41, 5.74) is 0.410. The number of hydrogen-bond acceptors (Lipinski definition) is 4. The van der Waals surface area contributed by atoms with Crippen molar-refractivity contribution >= 4 is 15.9 Å². The van der Waals surface area contributed by atoms with Crippen molar-refractivity contribution in [3.63, 3.8) is 0 Å². The molecular weight excluding hydrogens is 296 g/mol. The van der Waals surface area contributed by atoms with Crippen LogP contribution in [0.25, 0.3) is 0 Å². The maximum Gasteiger partial charge on any atom is 0.154 e. The maximum atomic E-state index is 10.8. The van der Waals surface area contributed by atoms with E-state index in [-0.39, 0.29) is 5.54 Å². The summed E-state index contributed by atoms with van der Waals surface area (Å²) in [7, 11) is 1.80. The molecule has 0 aliphatic carbocycles.